The molecule has 23 heavy (non-hydrogen) atoms. The maximum atomic E-state index is 12.4. The number of hydrogen-bond acceptors (Lipinski definition) is 3. The van der Waals surface area contributed by atoms with Gasteiger partial charge < -0.3 is 0 Å². The summed E-state index contributed by atoms with van der Waals surface area (Å²) in [5, 5.41) is 7.95. The van der Waals surface area contributed by atoms with Crippen molar-refractivity contribution in [2.24, 2.45) is 0 Å². The van der Waals surface area contributed by atoms with Crippen LogP contribution in [0.15, 0.2) is 24.4 Å². The number of benzene rings is 1. The summed E-state index contributed by atoms with van der Waals surface area (Å²) in [4.78, 5) is 0. The molecule has 0 bridgehead atoms. The van der Waals surface area contributed by atoms with E-state index in [0.717, 1.165) is 42.1 Å². The summed E-state index contributed by atoms with van der Waals surface area (Å²) in [5.41, 5.74) is 2.09. The first kappa shape index (κ1) is 16.4. The lowest BCUT2D eigenvalue weighted by molar-refractivity contribution is 0.283. The van der Waals surface area contributed by atoms with Crippen LogP contribution in [0.3, 0.4) is 0 Å². The number of aromatic amines is 1. The van der Waals surface area contributed by atoms with Gasteiger partial charge in [0.2, 0.25) is 0 Å². The molecule has 0 saturated heterocycles. The molecule has 2 N–H and O–H groups in total. The van der Waals surface area contributed by atoms with Crippen molar-refractivity contribution in [3.05, 3.63) is 30.0 Å². The molecule has 0 unspecified atom stereocenters. The number of aromatic nitrogens is 2. The minimum atomic E-state index is -3.40. The number of rotatable bonds is 6. The van der Waals surface area contributed by atoms with Crippen LogP contribution in [0.2, 0.25) is 0 Å². The largest absolute Gasteiger partial charge is 0.279 e. The van der Waals surface area contributed by atoms with Gasteiger partial charge in [0.05, 0.1) is 11.7 Å². The summed E-state index contributed by atoms with van der Waals surface area (Å²) in [7, 11) is -1.71. The van der Waals surface area contributed by atoms with Crippen molar-refractivity contribution >= 4 is 21.1 Å². The highest BCUT2D eigenvalue weighted by atomic mass is 32.2. The molecule has 0 radical (unpaired) electrons. The average Bonchev–Trinajstić information content (AvgIpc) is 3.02. The Bertz CT molecular complexity index is 750. The molecule has 2 aromatic rings. The molecule has 1 aliphatic rings. The molecule has 0 amide bonds. The van der Waals surface area contributed by atoms with E-state index < -0.39 is 10.2 Å². The molecule has 0 atom stereocenters. The summed E-state index contributed by atoms with van der Waals surface area (Å²) in [6, 6.07) is 6.15. The third-order valence-corrected chi connectivity index (χ3v) is 6.30. The van der Waals surface area contributed by atoms with Crippen molar-refractivity contribution in [3.63, 3.8) is 0 Å². The zero-order chi connectivity index (χ0) is 16.3. The van der Waals surface area contributed by atoms with E-state index >= 15 is 0 Å². The van der Waals surface area contributed by atoms with E-state index in [4.69, 9.17) is 0 Å². The van der Waals surface area contributed by atoms with Gasteiger partial charge in [0.1, 0.15) is 0 Å². The molecule has 1 fully saturated rings. The minimum absolute atomic E-state index is 0.142. The number of nitrogens with zero attached hydrogens (tertiary/aromatic N) is 2. The van der Waals surface area contributed by atoms with E-state index in [0.29, 0.717) is 13.0 Å². The summed E-state index contributed by atoms with van der Waals surface area (Å²) in [5.74, 6) is 0. The third kappa shape index (κ3) is 3.91. The number of hydrogen-bond donors (Lipinski definition) is 2. The van der Waals surface area contributed by atoms with Gasteiger partial charge in [-0.3, -0.25) is 5.10 Å². The van der Waals surface area contributed by atoms with E-state index in [-0.39, 0.29) is 6.04 Å². The smallest absolute Gasteiger partial charge is 0.278 e. The van der Waals surface area contributed by atoms with Crippen LogP contribution in [0.25, 0.3) is 10.9 Å². The molecular formula is C16H24N4O2S. The van der Waals surface area contributed by atoms with Crippen LogP contribution in [-0.4, -0.2) is 42.6 Å². The Morgan fingerprint density at radius 2 is 2.09 bits per heavy atom. The fourth-order valence-electron chi connectivity index (χ4n) is 3.21. The molecule has 0 spiro atoms. The standard InChI is InChI=1S/C16H24N4O2S/c1-20(15-5-3-2-4-6-15)23(21,22)18-10-9-13-7-8-16-14(11-13)12-17-19-16/h7-8,11-12,15,18H,2-6,9-10H2,1H3,(H,17,19). The van der Waals surface area contributed by atoms with Gasteiger partial charge in [0.25, 0.3) is 10.2 Å². The highest BCUT2D eigenvalue weighted by Crippen LogP contribution is 2.23. The molecule has 7 heteroatoms. The molecule has 1 aromatic carbocycles. The van der Waals surface area contributed by atoms with Crippen LogP contribution in [0.4, 0.5) is 0 Å². The predicted molar refractivity (Wildman–Crippen MR) is 91.4 cm³/mol. The van der Waals surface area contributed by atoms with Crippen molar-refractivity contribution in [1.29, 1.82) is 0 Å². The van der Waals surface area contributed by atoms with E-state index in [1.54, 1.807) is 13.2 Å². The first-order chi connectivity index (χ1) is 11.1. The van der Waals surface area contributed by atoms with Crippen LogP contribution < -0.4 is 4.72 Å². The maximum absolute atomic E-state index is 12.4. The molecule has 1 aromatic heterocycles. The molecule has 0 aliphatic heterocycles. The maximum Gasteiger partial charge on any atom is 0.279 e. The Morgan fingerprint density at radius 1 is 1.30 bits per heavy atom. The van der Waals surface area contributed by atoms with Gasteiger partial charge in [-0.15, -0.1) is 0 Å². The second-order valence-corrected chi connectivity index (χ2v) is 8.06. The van der Waals surface area contributed by atoms with Crippen molar-refractivity contribution in [2.45, 2.75) is 44.6 Å². The number of nitrogens with one attached hydrogen (secondary N) is 2. The minimum Gasteiger partial charge on any atom is -0.278 e. The Kier molecular flexibility index (Phi) is 4.99. The van der Waals surface area contributed by atoms with Crippen LogP contribution in [0.1, 0.15) is 37.7 Å². The quantitative estimate of drug-likeness (QED) is 0.849. The number of fused-ring (bicyclic) bond motifs is 1. The van der Waals surface area contributed by atoms with E-state index in [1.165, 1.54) is 10.7 Å². The van der Waals surface area contributed by atoms with Crippen molar-refractivity contribution < 1.29 is 8.42 Å². The SMILES string of the molecule is CN(C1CCCCC1)S(=O)(=O)NCCc1ccc2[nH]ncc2c1. The summed E-state index contributed by atoms with van der Waals surface area (Å²) in [6.07, 6.45) is 7.83. The summed E-state index contributed by atoms with van der Waals surface area (Å²) < 4.78 is 29.0. The second-order valence-electron chi connectivity index (χ2n) is 6.25. The van der Waals surface area contributed by atoms with Gasteiger partial charge in [-0.1, -0.05) is 25.3 Å². The Morgan fingerprint density at radius 3 is 2.87 bits per heavy atom. The molecule has 3 rings (SSSR count). The van der Waals surface area contributed by atoms with E-state index in [2.05, 4.69) is 14.9 Å². The van der Waals surface area contributed by atoms with Crippen LogP contribution in [0.5, 0.6) is 0 Å². The van der Waals surface area contributed by atoms with E-state index in [1.807, 2.05) is 18.2 Å². The zero-order valence-electron chi connectivity index (χ0n) is 13.5. The van der Waals surface area contributed by atoms with Gasteiger partial charge in [-0.05, 0) is 37.0 Å². The van der Waals surface area contributed by atoms with Gasteiger partial charge >= 0.3 is 0 Å². The van der Waals surface area contributed by atoms with Crippen LogP contribution >= 0.6 is 0 Å². The Balaban J connectivity index is 1.55. The Labute approximate surface area is 137 Å². The van der Waals surface area contributed by atoms with Crippen LogP contribution in [0, 0.1) is 0 Å². The predicted octanol–water partition coefficient (Wildman–Crippen LogP) is 2.20. The highest BCUT2D eigenvalue weighted by molar-refractivity contribution is 7.87. The fraction of sp³-hybridized carbons (Fsp3) is 0.562. The number of H-pyrrole nitrogens is 1. The van der Waals surface area contributed by atoms with Gasteiger partial charge in [0, 0.05) is 25.0 Å². The second kappa shape index (κ2) is 6.98. The fourth-order valence-corrected chi connectivity index (χ4v) is 4.38. The lowest BCUT2D eigenvalue weighted by Gasteiger charge is -2.30. The monoisotopic (exact) mass is 336 g/mol. The lowest BCUT2D eigenvalue weighted by atomic mass is 9.96. The summed E-state index contributed by atoms with van der Waals surface area (Å²) in [6.45, 7) is 0.406. The van der Waals surface area contributed by atoms with E-state index in [9.17, 15) is 8.42 Å². The third-order valence-electron chi connectivity index (χ3n) is 4.67. The van der Waals surface area contributed by atoms with Gasteiger partial charge in [-0.25, -0.2) is 4.72 Å². The van der Waals surface area contributed by atoms with Crippen molar-refractivity contribution in [2.75, 3.05) is 13.6 Å². The molecule has 1 heterocycles. The first-order valence-electron chi connectivity index (χ1n) is 8.21. The van der Waals surface area contributed by atoms with Gasteiger partial charge in [0.15, 0.2) is 0 Å². The summed E-state index contributed by atoms with van der Waals surface area (Å²) >= 11 is 0. The Hall–Kier alpha value is -1.44. The lowest BCUT2D eigenvalue weighted by Crippen LogP contribution is -2.45. The molecule has 6 nitrogen and oxygen atoms in total. The molecule has 1 saturated carbocycles. The van der Waals surface area contributed by atoms with Crippen LogP contribution in [-0.2, 0) is 16.6 Å². The molecule has 1 aliphatic carbocycles. The molecule has 126 valence electrons. The first-order valence-corrected chi connectivity index (χ1v) is 9.65. The highest BCUT2D eigenvalue weighted by Gasteiger charge is 2.26. The van der Waals surface area contributed by atoms with Gasteiger partial charge in [-0.2, -0.15) is 17.8 Å². The van der Waals surface area contributed by atoms with Crippen molar-refractivity contribution in [3.8, 4) is 0 Å². The topological polar surface area (TPSA) is 78.1 Å². The normalized spacial score (nSPS) is 17.1. The zero-order valence-corrected chi connectivity index (χ0v) is 14.3. The van der Waals surface area contributed by atoms with Crippen molar-refractivity contribution in [1.82, 2.24) is 19.2 Å². The molecular weight excluding hydrogens is 312 g/mol. The average molecular weight is 336 g/mol.